The lowest BCUT2D eigenvalue weighted by atomic mass is 10.1. The van der Waals surface area contributed by atoms with Crippen molar-refractivity contribution in [3.63, 3.8) is 0 Å². The van der Waals surface area contributed by atoms with Crippen molar-refractivity contribution < 1.29 is 17.9 Å². The average Bonchev–Trinajstić information content (AvgIpc) is 1.78. The quantitative estimate of drug-likeness (QED) is 0.675. The third-order valence-electron chi connectivity index (χ3n) is 1.48. The topological polar surface area (TPSA) is 21.3 Å². The maximum absolute atomic E-state index is 11.5. The Labute approximate surface area is 68.5 Å². The highest BCUT2D eigenvalue weighted by atomic mass is 35.5. The van der Waals surface area contributed by atoms with Crippen LogP contribution in [0.25, 0.3) is 0 Å². The van der Waals surface area contributed by atoms with Crippen molar-refractivity contribution in [1.82, 2.24) is 5.32 Å². The number of ether oxygens (including phenoxy) is 1. The third kappa shape index (κ3) is 3.27. The molecule has 0 aliphatic carbocycles. The van der Waals surface area contributed by atoms with Crippen molar-refractivity contribution in [2.24, 2.45) is 0 Å². The summed E-state index contributed by atoms with van der Waals surface area (Å²) < 4.78 is 38.1. The first-order valence-electron chi connectivity index (χ1n) is 2.97. The van der Waals surface area contributed by atoms with Crippen LogP contribution in [0.4, 0.5) is 13.2 Å². The molecular formula is C5H9ClF3NO. The maximum Gasteiger partial charge on any atom is 0.522 e. The van der Waals surface area contributed by atoms with E-state index in [4.69, 9.17) is 0 Å². The number of rotatable bonds is 1. The molecule has 0 unspecified atom stereocenters. The molecule has 1 saturated heterocycles. The minimum absolute atomic E-state index is 0. The molecular weight excluding hydrogens is 183 g/mol. The Bertz CT molecular complexity index is 129. The SMILES string of the molecule is C[C@@H]1NC[C@@H]1OC(F)(F)F.Cl. The lowest BCUT2D eigenvalue weighted by Crippen LogP contribution is -2.58. The largest absolute Gasteiger partial charge is 0.522 e. The van der Waals surface area contributed by atoms with Crippen LogP contribution in [0.2, 0.25) is 0 Å². The van der Waals surface area contributed by atoms with E-state index in [2.05, 4.69) is 10.1 Å². The first kappa shape index (κ1) is 11.0. The van der Waals surface area contributed by atoms with E-state index in [0.29, 0.717) is 6.54 Å². The zero-order chi connectivity index (χ0) is 7.78. The van der Waals surface area contributed by atoms with Gasteiger partial charge in [0.2, 0.25) is 0 Å². The van der Waals surface area contributed by atoms with Gasteiger partial charge in [0.1, 0.15) is 0 Å². The van der Waals surface area contributed by atoms with Crippen LogP contribution in [0, 0.1) is 0 Å². The predicted molar refractivity (Wildman–Crippen MR) is 35.6 cm³/mol. The number of hydrogen-bond donors (Lipinski definition) is 1. The van der Waals surface area contributed by atoms with Crippen molar-refractivity contribution in [3.8, 4) is 0 Å². The van der Waals surface area contributed by atoms with Crippen LogP contribution in [-0.2, 0) is 4.74 Å². The van der Waals surface area contributed by atoms with Gasteiger partial charge >= 0.3 is 6.36 Å². The Morgan fingerprint density at radius 3 is 2.09 bits per heavy atom. The van der Waals surface area contributed by atoms with E-state index >= 15 is 0 Å². The van der Waals surface area contributed by atoms with Crippen LogP contribution < -0.4 is 5.32 Å². The van der Waals surface area contributed by atoms with Crippen molar-refractivity contribution >= 4 is 12.4 Å². The second-order valence-corrected chi connectivity index (χ2v) is 2.30. The molecule has 0 radical (unpaired) electrons. The number of alkyl halides is 3. The first-order chi connectivity index (χ1) is 4.49. The Kier molecular flexibility index (Phi) is 3.60. The van der Waals surface area contributed by atoms with Crippen LogP contribution in [0.15, 0.2) is 0 Å². The molecule has 1 fully saturated rings. The summed E-state index contributed by atoms with van der Waals surface area (Å²) in [6.07, 6.45) is -5.18. The summed E-state index contributed by atoms with van der Waals surface area (Å²) in [5, 5.41) is 2.76. The summed E-state index contributed by atoms with van der Waals surface area (Å²) in [7, 11) is 0. The molecule has 1 aliphatic rings. The average molecular weight is 192 g/mol. The van der Waals surface area contributed by atoms with Crippen LogP contribution in [0.1, 0.15) is 6.92 Å². The lowest BCUT2D eigenvalue weighted by Gasteiger charge is -2.35. The van der Waals surface area contributed by atoms with Crippen molar-refractivity contribution in [2.45, 2.75) is 25.4 Å². The van der Waals surface area contributed by atoms with Crippen molar-refractivity contribution in [1.29, 1.82) is 0 Å². The molecule has 6 heteroatoms. The fourth-order valence-corrected chi connectivity index (χ4v) is 0.765. The smallest absolute Gasteiger partial charge is 0.309 e. The molecule has 0 aromatic rings. The van der Waals surface area contributed by atoms with Gasteiger partial charge in [0.15, 0.2) is 0 Å². The molecule has 0 aromatic heterocycles. The van der Waals surface area contributed by atoms with E-state index in [1.807, 2.05) is 0 Å². The normalized spacial score (nSPS) is 30.5. The summed E-state index contributed by atoms with van der Waals surface area (Å²) in [6.45, 7) is 1.95. The highest BCUT2D eigenvalue weighted by Gasteiger charge is 2.39. The van der Waals surface area contributed by atoms with Gasteiger partial charge in [-0.2, -0.15) is 0 Å². The first-order valence-corrected chi connectivity index (χ1v) is 2.97. The Balaban J connectivity index is 0.000001000. The molecule has 2 nitrogen and oxygen atoms in total. The third-order valence-corrected chi connectivity index (χ3v) is 1.48. The minimum Gasteiger partial charge on any atom is -0.309 e. The summed E-state index contributed by atoms with van der Waals surface area (Å²) in [5.41, 5.74) is 0. The van der Waals surface area contributed by atoms with Crippen LogP contribution >= 0.6 is 12.4 Å². The van der Waals surface area contributed by atoms with E-state index in [0.717, 1.165) is 0 Å². The number of halogens is 4. The van der Waals surface area contributed by atoms with Gasteiger partial charge in [0.05, 0.1) is 6.10 Å². The maximum atomic E-state index is 11.5. The van der Waals surface area contributed by atoms with E-state index < -0.39 is 12.5 Å². The van der Waals surface area contributed by atoms with Crippen molar-refractivity contribution in [3.05, 3.63) is 0 Å². The monoisotopic (exact) mass is 191 g/mol. The Hall–Kier alpha value is -0.0000000000000000555. The fourth-order valence-electron chi connectivity index (χ4n) is 0.765. The molecule has 1 N–H and O–H groups in total. The molecule has 0 bridgehead atoms. The van der Waals surface area contributed by atoms with Crippen molar-refractivity contribution in [2.75, 3.05) is 6.54 Å². The molecule has 0 saturated carbocycles. The molecule has 11 heavy (non-hydrogen) atoms. The minimum atomic E-state index is -4.49. The molecule has 1 rings (SSSR count). The highest BCUT2D eigenvalue weighted by molar-refractivity contribution is 5.85. The second-order valence-electron chi connectivity index (χ2n) is 2.30. The highest BCUT2D eigenvalue weighted by Crippen LogP contribution is 2.22. The van der Waals surface area contributed by atoms with Gasteiger partial charge in [-0.15, -0.1) is 25.6 Å². The fraction of sp³-hybridized carbons (Fsp3) is 1.00. The van der Waals surface area contributed by atoms with Gasteiger partial charge in [0, 0.05) is 12.6 Å². The molecule has 1 heterocycles. The summed E-state index contributed by atoms with van der Waals surface area (Å²) in [5.74, 6) is 0. The molecule has 2 atom stereocenters. The molecule has 68 valence electrons. The van der Waals surface area contributed by atoms with Gasteiger partial charge in [-0.1, -0.05) is 0 Å². The lowest BCUT2D eigenvalue weighted by molar-refractivity contribution is -0.351. The van der Waals surface area contributed by atoms with Gasteiger partial charge in [0.25, 0.3) is 0 Å². The van der Waals surface area contributed by atoms with Crippen LogP contribution in [0.3, 0.4) is 0 Å². The molecule has 1 aliphatic heterocycles. The van der Waals surface area contributed by atoms with Crippen LogP contribution in [-0.4, -0.2) is 25.1 Å². The standard InChI is InChI=1S/C5H8F3NO.ClH/c1-3-4(2-9-3)10-5(6,7)8;/h3-4,9H,2H2,1H3;1H/t3-,4-;/m0./s1. The second kappa shape index (κ2) is 3.60. The van der Waals surface area contributed by atoms with Gasteiger partial charge in [-0.3, -0.25) is 4.74 Å². The predicted octanol–water partition coefficient (Wildman–Crippen LogP) is 1.30. The number of nitrogens with one attached hydrogen (secondary N) is 1. The number of hydrogen-bond acceptors (Lipinski definition) is 2. The molecule has 0 spiro atoms. The van der Waals surface area contributed by atoms with Crippen LogP contribution in [0.5, 0.6) is 0 Å². The zero-order valence-electron chi connectivity index (χ0n) is 5.81. The zero-order valence-corrected chi connectivity index (χ0v) is 6.63. The van der Waals surface area contributed by atoms with Gasteiger partial charge in [-0.05, 0) is 6.92 Å². The Morgan fingerprint density at radius 1 is 1.45 bits per heavy atom. The van der Waals surface area contributed by atoms with E-state index in [-0.39, 0.29) is 18.4 Å². The van der Waals surface area contributed by atoms with E-state index in [1.165, 1.54) is 0 Å². The Morgan fingerprint density at radius 2 is 2.00 bits per heavy atom. The summed E-state index contributed by atoms with van der Waals surface area (Å²) in [6, 6.07) is -0.179. The summed E-state index contributed by atoms with van der Waals surface area (Å²) >= 11 is 0. The molecule has 0 aromatic carbocycles. The summed E-state index contributed by atoms with van der Waals surface area (Å²) in [4.78, 5) is 0. The van der Waals surface area contributed by atoms with E-state index in [9.17, 15) is 13.2 Å². The van der Waals surface area contributed by atoms with E-state index in [1.54, 1.807) is 6.92 Å². The van der Waals surface area contributed by atoms with Gasteiger partial charge < -0.3 is 5.32 Å². The molecule has 0 amide bonds. The van der Waals surface area contributed by atoms with Gasteiger partial charge in [-0.25, -0.2) is 0 Å².